The normalized spacial score (nSPS) is 31.9. The Morgan fingerprint density at radius 3 is 2.23 bits per heavy atom. The molecule has 2 fully saturated rings. The molecule has 2 bridgehead atoms. The maximum absolute atomic E-state index is 12.6. The molecular formula is C16H13NO5. The van der Waals surface area contributed by atoms with Crippen LogP contribution in [0.25, 0.3) is 0 Å². The number of rotatable bonds is 2. The number of benzene rings is 1. The zero-order chi connectivity index (χ0) is 15.6. The number of anilines is 1. The zero-order valence-corrected chi connectivity index (χ0v) is 11.5. The van der Waals surface area contributed by atoms with Crippen LogP contribution in [0, 0.1) is 23.7 Å². The average molecular weight is 299 g/mol. The van der Waals surface area contributed by atoms with E-state index < -0.39 is 11.7 Å². The van der Waals surface area contributed by atoms with E-state index in [1.165, 1.54) is 18.2 Å². The van der Waals surface area contributed by atoms with Gasteiger partial charge in [-0.25, -0.2) is 9.69 Å². The average Bonchev–Trinajstić information content (AvgIpc) is 3.14. The lowest BCUT2D eigenvalue weighted by atomic mass is 9.85. The minimum absolute atomic E-state index is 0.104. The number of fused-ring (bicyclic) bond motifs is 5. The third-order valence-electron chi connectivity index (χ3n) is 4.94. The number of hydrogen-bond acceptors (Lipinski definition) is 4. The van der Waals surface area contributed by atoms with Gasteiger partial charge in [-0.2, -0.15) is 0 Å². The summed E-state index contributed by atoms with van der Waals surface area (Å²) in [7, 11) is 0. The number of hydrogen-bond donors (Lipinski definition) is 2. The van der Waals surface area contributed by atoms with Crippen LogP contribution in [0.5, 0.6) is 5.75 Å². The number of carbonyl (C=O) groups excluding carboxylic acids is 2. The predicted molar refractivity (Wildman–Crippen MR) is 75.3 cm³/mol. The van der Waals surface area contributed by atoms with E-state index in [1.807, 2.05) is 12.2 Å². The summed E-state index contributed by atoms with van der Waals surface area (Å²) in [5, 5.41) is 18.6. The first-order valence-electron chi connectivity index (χ1n) is 7.11. The van der Waals surface area contributed by atoms with Crippen LogP contribution in [-0.2, 0) is 9.59 Å². The van der Waals surface area contributed by atoms with Gasteiger partial charge in [0.05, 0.1) is 17.5 Å². The van der Waals surface area contributed by atoms with Crippen molar-refractivity contribution in [1.82, 2.24) is 0 Å². The molecule has 0 aromatic heterocycles. The van der Waals surface area contributed by atoms with Crippen molar-refractivity contribution in [2.24, 2.45) is 23.7 Å². The SMILES string of the molecule is O=C(O)c1cc(N2C(=O)[C@@H]3[C@H](C2=O)[C@@H]2C=C[C@H]3C2)ccc1O. The van der Waals surface area contributed by atoms with Gasteiger partial charge in [0, 0.05) is 0 Å². The monoisotopic (exact) mass is 299 g/mol. The van der Waals surface area contributed by atoms with Crippen LogP contribution in [0.1, 0.15) is 16.8 Å². The molecule has 4 rings (SSSR count). The van der Waals surface area contributed by atoms with Gasteiger partial charge in [0.15, 0.2) is 0 Å². The molecule has 6 heteroatoms. The number of carboxylic acids is 1. The molecule has 3 aliphatic rings. The molecule has 22 heavy (non-hydrogen) atoms. The van der Waals surface area contributed by atoms with Crippen molar-refractivity contribution in [3.63, 3.8) is 0 Å². The van der Waals surface area contributed by atoms with Gasteiger partial charge in [-0.1, -0.05) is 12.2 Å². The van der Waals surface area contributed by atoms with Crippen molar-refractivity contribution in [3.8, 4) is 5.75 Å². The fraction of sp³-hybridized carbons (Fsp3) is 0.312. The second-order valence-corrected chi connectivity index (χ2v) is 6.02. The number of aromatic carboxylic acids is 1. The van der Waals surface area contributed by atoms with Crippen LogP contribution in [0.4, 0.5) is 5.69 Å². The highest BCUT2D eigenvalue weighted by Crippen LogP contribution is 2.53. The molecule has 1 aromatic rings. The standard InChI is InChI=1S/C16H13NO5/c18-11-4-3-9(6-10(11)16(21)22)17-14(19)12-7-1-2-8(5-7)13(12)15(17)20/h1-4,6-8,12-13,18H,5H2,(H,21,22)/t7-,8+,12-,13+. The van der Waals surface area contributed by atoms with E-state index in [-0.39, 0.29) is 46.7 Å². The van der Waals surface area contributed by atoms with Gasteiger partial charge in [-0.15, -0.1) is 0 Å². The largest absolute Gasteiger partial charge is 0.507 e. The van der Waals surface area contributed by atoms with E-state index in [0.29, 0.717) is 0 Å². The quantitative estimate of drug-likeness (QED) is 0.636. The molecule has 2 amide bonds. The molecule has 0 spiro atoms. The van der Waals surface area contributed by atoms with Crippen molar-refractivity contribution >= 4 is 23.5 Å². The Balaban J connectivity index is 1.76. The molecular weight excluding hydrogens is 286 g/mol. The molecule has 1 saturated heterocycles. The second-order valence-electron chi connectivity index (χ2n) is 6.02. The summed E-state index contributed by atoms with van der Waals surface area (Å²) < 4.78 is 0. The number of allylic oxidation sites excluding steroid dienone is 2. The maximum atomic E-state index is 12.6. The van der Waals surface area contributed by atoms with Crippen molar-refractivity contribution in [2.75, 3.05) is 4.90 Å². The number of carbonyl (C=O) groups is 3. The van der Waals surface area contributed by atoms with E-state index in [4.69, 9.17) is 5.11 Å². The lowest BCUT2D eigenvalue weighted by Crippen LogP contribution is -2.33. The fourth-order valence-electron chi connectivity index (χ4n) is 3.99. The Morgan fingerprint density at radius 2 is 1.68 bits per heavy atom. The number of imide groups is 1. The molecule has 2 aliphatic carbocycles. The summed E-state index contributed by atoms with van der Waals surface area (Å²) in [6, 6.07) is 3.76. The Hall–Kier alpha value is -2.63. The van der Waals surface area contributed by atoms with Gasteiger partial charge in [0.2, 0.25) is 11.8 Å². The van der Waals surface area contributed by atoms with E-state index in [2.05, 4.69) is 0 Å². The first-order valence-corrected chi connectivity index (χ1v) is 7.11. The lowest BCUT2D eigenvalue weighted by Gasteiger charge is -2.18. The third-order valence-corrected chi connectivity index (χ3v) is 4.94. The summed E-state index contributed by atoms with van der Waals surface area (Å²) >= 11 is 0. The molecule has 1 saturated carbocycles. The van der Waals surface area contributed by atoms with Crippen LogP contribution in [0.3, 0.4) is 0 Å². The van der Waals surface area contributed by atoms with Crippen LogP contribution < -0.4 is 4.90 Å². The van der Waals surface area contributed by atoms with Gasteiger partial charge in [-0.3, -0.25) is 9.59 Å². The van der Waals surface area contributed by atoms with Gasteiger partial charge >= 0.3 is 5.97 Å². The van der Waals surface area contributed by atoms with Crippen molar-refractivity contribution in [1.29, 1.82) is 0 Å². The summed E-state index contributed by atoms with van der Waals surface area (Å²) in [4.78, 5) is 37.4. The van der Waals surface area contributed by atoms with Crippen LogP contribution in [0.2, 0.25) is 0 Å². The summed E-state index contributed by atoms with van der Waals surface area (Å²) in [6.45, 7) is 0. The number of aromatic hydroxyl groups is 1. The topological polar surface area (TPSA) is 94.9 Å². The molecule has 2 N–H and O–H groups in total. The van der Waals surface area contributed by atoms with Crippen LogP contribution >= 0.6 is 0 Å². The molecule has 6 nitrogen and oxygen atoms in total. The minimum atomic E-state index is -1.31. The van der Waals surface area contributed by atoms with Crippen molar-refractivity contribution in [3.05, 3.63) is 35.9 Å². The lowest BCUT2D eigenvalue weighted by molar-refractivity contribution is -0.123. The Morgan fingerprint density at radius 1 is 1.09 bits per heavy atom. The van der Waals surface area contributed by atoms with Crippen LogP contribution in [0.15, 0.2) is 30.4 Å². The molecule has 0 unspecified atom stereocenters. The molecule has 4 atom stereocenters. The molecule has 1 heterocycles. The van der Waals surface area contributed by atoms with E-state index in [1.54, 1.807) is 0 Å². The second kappa shape index (κ2) is 4.19. The van der Waals surface area contributed by atoms with Gasteiger partial charge < -0.3 is 10.2 Å². The highest BCUT2D eigenvalue weighted by Gasteiger charge is 2.59. The highest BCUT2D eigenvalue weighted by atomic mass is 16.4. The first-order chi connectivity index (χ1) is 10.5. The highest BCUT2D eigenvalue weighted by molar-refractivity contribution is 6.23. The summed E-state index contributed by atoms with van der Waals surface area (Å²) in [6.07, 6.45) is 4.84. The fourth-order valence-corrected chi connectivity index (χ4v) is 3.99. The van der Waals surface area contributed by atoms with Crippen LogP contribution in [-0.4, -0.2) is 28.0 Å². The molecule has 0 radical (unpaired) electrons. The van der Waals surface area contributed by atoms with E-state index >= 15 is 0 Å². The number of phenols is 1. The number of amides is 2. The zero-order valence-electron chi connectivity index (χ0n) is 11.5. The molecule has 112 valence electrons. The van der Waals surface area contributed by atoms with Crippen molar-refractivity contribution in [2.45, 2.75) is 6.42 Å². The smallest absolute Gasteiger partial charge is 0.339 e. The maximum Gasteiger partial charge on any atom is 0.339 e. The van der Waals surface area contributed by atoms with E-state index in [9.17, 15) is 19.5 Å². The minimum Gasteiger partial charge on any atom is -0.507 e. The van der Waals surface area contributed by atoms with Gasteiger partial charge in [0.1, 0.15) is 11.3 Å². The Kier molecular flexibility index (Phi) is 2.49. The van der Waals surface area contributed by atoms with E-state index in [0.717, 1.165) is 11.3 Å². The number of carboxylic acid groups (broad SMARTS) is 1. The molecule has 1 aromatic carbocycles. The van der Waals surface area contributed by atoms with Crippen molar-refractivity contribution < 1.29 is 24.6 Å². The summed E-state index contributed by atoms with van der Waals surface area (Å²) in [5.74, 6) is -2.69. The van der Waals surface area contributed by atoms with Gasteiger partial charge in [-0.05, 0) is 36.5 Å². The molecule has 1 aliphatic heterocycles. The number of nitrogens with zero attached hydrogens (tertiary/aromatic N) is 1. The summed E-state index contributed by atoms with van der Waals surface area (Å²) in [5.41, 5.74) is -0.116. The predicted octanol–water partition coefficient (Wildman–Crippen LogP) is 1.40. The Bertz CT molecular complexity index is 723. The first kappa shape index (κ1) is 13.1. The Labute approximate surface area is 125 Å². The third kappa shape index (κ3) is 1.52. The van der Waals surface area contributed by atoms with Gasteiger partial charge in [0.25, 0.3) is 0 Å².